The van der Waals surface area contributed by atoms with Crippen LogP contribution in [0.1, 0.15) is 18.5 Å². The average molecular weight is 475 g/mol. The maximum atomic E-state index is 12.9. The highest BCUT2D eigenvalue weighted by Crippen LogP contribution is 2.30. The van der Waals surface area contributed by atoms with Gasteiger partial charge < -0.3 is 20.3 Å². The first-order valence-corrected chi connectivity index (χ1v) is 10.5. The molecule has 1 saturated carbocycles. The number of hydrogen-bond donors (Lipinski definition) is 2. The van der Waals surface area contributed by atoms with Gasteiger partial charge in [0, 0.05) is 24.2 Å². The summed E-state index contributed by atoms with van der Waals surface area (Å²) in [6.07, 6.45) is -0.613. The van der Waals surface area contributed by atoms with Gasteiger partial charge in [-0.15, -0.1) is 0 Å². The van der Waals surface area contributed by atoms with Crippen LogP contribution in [0.2, 0.25) is 0 Å². The number of aromatic nitrogens is 3. The van der Waals surface area contributed by atoms with E-state index in [1.807, 2.05) is 6.07 Å². The number of amides is 2. The minimum Gasteiger partial charge on any atom is -0.374 e. The molecule has 4 rings (SSSR count). The standard InChI is InChI=1S/C21H20F3N7O3/c22-21(23,24)17-11-31(3-4-34-17)19(32)10-28-14-5-13(7-26-15(14)6-25)16-8-29-18(9-27-16)30-20(33)12-1-2-12/h5,7-9,12,17,28H,1-4,10-11H2,(H,29,30,33). The third kappa shape index (κ3) is 5.57. The Bertz CT molecular complexity index is 1110. The first kappa shape index (κ1) is 23.4. The number of nitriles is 1. The molecule has 1 atom stereocenters. The van der Waals surface area contributed by atoms with Gasteiger partial charge in [-0.1, -0.05) is 0 Å². The van der Waals surface area contributed by atoms with Crippen molar-refractivity contribution in [3.8, 4) is 17.3 Å². The molecule has 1 aliphatic heterocycles. The van der Waals surface area contributed by atoms with Crippen LogP contribution in [0.5, 0.6) is 0 Å². The van der Waals surface area contributed by atoms with E-state index in [2.05, 4.69) is 25.6 Å². The minimum atomic E-state index is -4.56. The maximum Gasteiger partial charge on any atom is 0.416 e. The number of carbonyl (C=O) groups is 2. The minimum absolute atomic E-state index is 0.00738. The second-order valence-electron chi connectivity index (χ2n) is 7.88. The van der Waals surface area contributed by atoms with Crippen LogP contribution in [0.25, 0.3) is 11.3 Å². The molecule has 0 aromatic carbocycles. The smallest absolute Gasteiger partial charge is 0.374 e. The number of morpholine rings is 1. The summed E-state index contributed by atoms with van der Waals surface area (Å²) < 4.78 is 43.4. The highest BCUT2D eigenvalue weighted by molar-refractivity contribution is 5.93. The highest BCUT2D eigenvalue weighted by Gasteiger charge is 2.44. The molecule has 2 amide bonds. The van der Waals surface area contributed by atoms with Gasteiger partial charge in [-0.05, 0) is 18.9 Å². The summed E-state index contributed by atoms with van der Waals surface area (Å²) in [5.41, 5.74) is 1.14. The number of carbonyl (C=O) groups excluding carboxylic acids is 2. The summed E-state index contributed by atoms with van der Waals surface area (Å²) >= 11 is 0. The van der Waals surface area contributed by atoms with Crippen LogP contribution < -0.4 is 10.6 Å². The summed E-state index contributed by atoms with van der Waals surface area (Å²) in [5.74, 6) is -0.325. The Hall–Kier alpha value is -3.79. The lowest BCUT2D eigenvalue weighted by Crippen LogP contribution is -2.52. The maximum absolute atomic E-state index is 12.9. The number of pyridine rings is 1. The molecule has 1 aliphatic carbocycles. The quantitative estimate of drug-likeness (QED) is 0.648. The molecule has 34 heavy (non-hydrogen) atoms. The molecule has 0 spiro atoms. The molecule has 13 heteroatoms. The molecular weight excluding hydrogens is 455 g/mol. The Morgan fingerprint density at radius 1 is 1.21 bits per heavy atom. The molecule has 2 fully saturated rings. The zero-order valence-corrected chi connectivity index (χ0v) is 17.8. The summed E-state index contributed by atoms with van der Waals surface area (Å²) in [4.78, 5) is 37.8. The second kappa shape index (κ2) is 9.60. The van der Waals surface area contributed by atoms with Crippen molar-refractivity contribution >= 4 is 23.3 Å². The Morgan fingerprint density at radius 3 is 2.65 bits per heavy atom. The van der Waals surface area contributed by atoms with Crippen LogP contribution in [0, 0.1) is 17.2 Å². The van der Waals surface area contributed by atoms with Crippen molar-refractivity contribution in [2.45, 2.75) is 25.1 Å². The molecule has 178 valence electrons. The van der Waals surface area contributed by atoms with Crippen molar-refractivity contribution in [1.29, 1.82) is 5.26 Å². The van der Waals surface area contributed by atoms with E-state index < -0.39 is 24.7 Å². The Labute approximate surface area is 192 Å². The van der Waals surface area contributed by atoms with Gasteiger partial charge in [0.05, 0.1) is 43.5 Å². The fourth-order valence-electron chi connectivity index (χ4n) is 3.30. The van der Waals surface area contributed by atoms with Gasteiger partial charge in [0.15, 0.2) is 17.6 Å². The lowest BCUT2D eigenvalue weighted by atomic mass is 10.1. The van der Waals surface area contributed by atoms with E-state index in [4.69, 9.17) is 4.74 Å². The van der Waals surface area contributed by atoms with Crippen LogP contribution in [-0.2, 0) is 14.3 Å². The largest absolute Gasteiger partial charge is 0.416 e. The Kier molecular flexibility index (Phi) is 6.60. The summed E-state index contributed by atoms with van der Waals surface area (Å²) in [7, 11) is 0. The van der Waals surface area contributed by atoms with Gasteiger partial charge in [-0.25, -0.2) is 9.97 Å². The van der Waals surface area contributed by atoms with Crippen LogP contribution in [0.3, 0.4) is 0 Å². The molecule has 3 heterocycles. The Balaban J connectivity index is 1.42. The Morgan fingerprint density at radius 2 is 2.00 bits per heavy atom. The predicted molar refractivity (Wildman–Crippen MR) is 112 cm³/mol. The van der Waals surface area contributed by atoms with E-state index in [1.165, 1.54) is 18.6 Å². The van der Waals surface area contributed by atoms with Crippen molar-refractivity contribution in [3.63, 3.8) is 0 Å². The van der Waals surface area contributed by atoms with Crippen LogP contribution in [-0.4, -0.2) is 70.2 Å². The number of rotatable bonds is 6. The van der Waals surface area contributed by atoms with Crippen molar-refractivity contribution in [2.24, 2.45) is 5.92 Å². The molecule has 2 aromatic heterocycles. The van der Waals surface area contributed by atoms with Gasteiger partial charge in [-0.2, -0.15) is 18.4 Å². The fraction of sp³-hybridized carbons (Fsp3) is 0.429. The van der Waals surface area contributed by atoms with Crippen molar-refractivity contribution < 1.29 is 27.5 Å². The number of ether oxygens (including phenoxy) is 1. The monoisotopic (exact) mass is 475 g/mol. The van der Waals surface area contributed by atoms with Crippen molar-refractivity contribution in [2.75, 3.05) is 36.9 Å². The molecule has 0 bridgehead atoms. The fourth-order valence-corrected chi connectivity index (χ4v) is 3.30. The average Bonchev–Trinajstić information content (AvgIpc) is 3.68. The van der Waals surface area contributed by atoms with Gasteiger partial charge in [0.2, 0.25) is 11.8 Å². The SMILES string of the molecule is N#Cc1ncc(-c2cnc(NC(=O)C3CC3)cn2)cc1NCC(=O)N1CCOC(C(F)(F)F)C1. The number of nitrogens with zero attached hydrogens (tertiary/aromatic N) is 5. The van der Waals surface area contributed by atoms with E-state index in [-0.39, 0.29) is 42.9 Å². The molecule has 0 radical (unpaired) electrons. The van der Waals surface area contributed by atoms with E-state index in [0.717, 1.165) is 17.7 Å². The number of halogens is 3. The first-order chi connectivity index (χ1) is 16.2. The highest BCUT2D eigenvalue weighted by atomic mass is 19.4. The van der Waals surface area contributed by atoms with Crippen molar-refractivity contribution in [1.82, 2.24) is 19.9 Å². The van der Waals surface area contributed by atoms with Crippen LogP contribution in [0.4, 0.5) is 24.7 Å². The van der Waals surface area contributed by atoms with Crippen LogP contribution >= 0.6 is 0 Å². The molecular formula is C21H20F3N7O3. The van der Waals surface area contributed by atoms with E-state index in [9.17, 15) is 28.0 Å². The molecule has 2 aliphatic rings. The lowest BCUT2D eigenvalue weighted by Gasteiger charge is -2.33. The van der Waals surface area contributed by atoms with Crippen molar-refractivity contribution in [3.05, 3.63) is 30.4 Å². The predicted octanol–water partition coefficient (Wildman–Crippen LogP) is 1.96. The number of alkyl halides is 3. The number of nitrogens with one attached hydrogen (secondary N) is 2. The zero-order valence-electron chi connectivity index (χ0n) is 17.8. The van der Waals surface area contributed by atoms with Gasteiger partial charge >= 0.3 is 6.18 Å². The molecule has 10 nitrogen and oxygen atoms in total. The summed E-state index contributed by atoms with van der Waals surface area (Å²) in [5, 5.41) is 14.8. The normalized spacial score (nSPS) is 18.2. The molecule has 1 unspecified atom stereocenters. The van der Waals surface area contributed by atoms with E-state index in [1.54, 1.807) is 6.07 Å². The molecule has 2 aromatic rings. The first-order valence-electron chi connectivity index (χ1n) is 10.5. The summed E-state index contributed by atoms with van der Waals surface area (Å²) in [6, 6.07) is 3.45. The molecule has 1 saturated heterocycles. The van der Waals surface area contributed by atoms with E-state index in [0.29, 0.717) is 17.1 Å². The number of hydrogen-bond acceptors (Lipinski definition) is 8. The van der Waals surface area contributed by atoms with Crippen LogP contribution in [0.15, 0.2) is 24.7 Å². The van der Waals surface area contributed by atoms with Gasteiger partial charge in [0.1, 0.15) is 6.07 Å². The zero-order chi connectivity index (χ0) is 24.3. The lowest BCUT2D eigenvalue weighted by molar-refractivity contribution is -0.236. The van der Waals surface area contributed by atoms with Gasteiger partial charge in [-0.3, -0.25) is 14.6 Å². The topological polar surface area (TPSA) is 133 Å². The second-order valence-corrected chi connectivity index (χ2v) is 7.88. The third-order valence-electron chi connectivity index (χ3n) is 5.35. The molecule has 2 N–H and O–H groups in total. The number of anilines is 2. The van der Waals surface area contributed by atoms with Gasteiger partial charge in [0.25, 0.3) is 0 Å². The third-order valence-corrected chi connectivity index (χ3v) is 5.35. The summed E-state index contributed by atoms with van der Waals surface area (Å²) in [6.45, 7) is -1.10. The van der Waals surface area contributed by atoms with E-state index >= 15 is 0 Å².